The minimum atomic E-state index is -0.653. The monoisotopic (exact) mass is 495 g/mol. The number of piperidine rings is 1. The summed E-state index contributed by atoms with van der Waals surface area (Å²) >= 11 is 0. The molecule has 1 aliphatic rings. The fraction of sp³-hybridized carbons (Fsp3) is 0.241. The number of hydrogen-bond acceptors (Lipinski definition) is 7. The third kappa shape index (κ3) is 4.81. The van der Waals surface area contributed by atoms with E-state index < -0.39 is 17.6 Å². The van der Waals surface area contributed by atoms with Gasteiger partial charge in [-0.15, -0.1) is 5.10 Å². The maximum absolute atomic E-state index is 11.8. The molecular weight excluding hydrogens is 466 g/mol. The van der Waals surface area contributed by atoms with Gasteiger partial charge in [0.15, 0.2) is 5.82 Å². The number of rotatable bonds is 7. The Labute approximate surface area is 215 Å². The van der Waals surface area contributed by atoms with Gasteiger partial charge in [-0.05, 0) is 45.2 Å². The van der Waals surface area contributed by atoms with E-state index in [1.165, 1.54) is 11.8 Å². The molecule has 0 spiro atoms. The number of carbonyl (C=O) groups excluding carboxylic acids is 1. The van der Waals surface area contributed by atoms with Crippen molar-refractivity contribution in [3.63, 3.8) is 0 Å². The maximum Gasteiger partial charge on any atom is 0.327 e. The highest BCUT2D eigenvalue weighted by molar-refractivity contribution is 5.69. The number of hydrogen-bond donors (Lipinski definition) is 1. The number of methoxy groups -OCH3 is 1. The highest BCUT2D eigenvalue weighted by Gasteiger charge is 2.44. The summed E-state index contributed by atoms with van der Waals surface area (Å²) in [4.78, 5) is 14.2. The van der Waals surface area contributed by atoms with Crippen LogP contribution in [0, 0.1) is 0 Å². The van der Waals surface area contributed by atoms with Crippen molar-refractivity contribution in [2.75, 3.05) is 20.2 Å². The molecule has 0 radical (unpaired) electrons. The molecule has 4 aromatic rings. The Hall–Kier alpha value is -4.14. The van der Waals surface area contributed by atoms with Crippen LogP contribution in [0.5, 0.6) is 0 Å². The molecule has 8 nitrogen and oxygen atoms in total. The number of carbonyl (C=O) groups is 1. The molecule has 1 fully saturated rings. The Kier molecular flexibility index (Phi) is 7.20. The number of nitrogens with zero attached hydrogens (tertiary/aromatic N) is 5. The van der Waals surface area contributed by atoms with Gasteiger partial charge < -0.3 is 9.84 Å². The van der Waals surface area contributed by atoms with Crippen molar-refractivity contribution in [3.8, 4) is 0 Å². The zero-order valence-corrected chi connectivity index (χ0v) is 20.6. The lowest BCUT2D eigenvalue weighted by Gasteiger charge is -2.48. The van der Waals surface area contributed by atoms with Crippen molar-refractivity contribution in [2.45, 2.75) is 24.6 Å². The Morgan fingerprint density at radius 1 is 0.973 bits per heavy atom. The molecule has 0 aliphatic carbocycles. The van der Waals surface area contributed by atoms with Crippen molar-refractivity contribution in [2.24, 2.45) is 0 Å². The normalized spacial score (nSPS) is 17.6. The van der Waals surface area contributed by atoms with Crippen molar-refractivity contribution in [1.82, 2.24) is 25.1 Å². The molecule has 5 rings (SSSR count). The van der Waals surface area contributed by atoms with Crippen LogP contribution in [0.25, 0.3) is 6.08 Å². The summed E-state index contributed by atoms with van der Waals surface area (Å²) in [5.74, 6) is -0.0555. The van der Waals surface area contributed by atoms with Gasteiger partial charge in [0.05, 0.1) is 18.8 Å². The summed E-state index contributed by atoms with van der Waals surface area (Å²) in [6.07, 6.45) is 1.67. The van der Waals surface area contributed by atoms with Crippen LogP contribution in [-0.2, 0) is 21.6 Å². The van der Waals surface area contributed by atoms with Gasteiger partial charge in [-0.3, -0.25) is 9.69 Å². The van der Waals surface area contributed by atoms with Gasteiger partial charge in [0.1, 0.15) is 6.54 Å². The Bertz CT molecular complexity index is 1260. The topological polar surface area (TPSA) is 93.4 Å². The first-order valence-electron chi connectivity index (χ1n) is 12.3. The van der Waals surface area contributed by atoms with Crippen LogP contribution in [0.2, 0.25) is 0 Å². The van der Waals surface area contributed by atoms with E-state index in [1.807, 2.05) is 18.2 Å². The molecule has 8 heteroatoms. The molecule has 2 heterocycles. The van der Waals surface area contributed by atoms with E-state index in [9.17, 15) is 9.90 Å². The molecule has 1 N–H and O–H groups in total. The van der Waals surface area contributed by atoms with Crippen LogP contribution < -0.4 is 0 Å². The SMILES string of the molecule is COC(=O)Cn1nnnc1/C=C1\CN(C(c2ccccc2)(c2ccccc2)c2ccccc2)CCC1O. The van der Waals surface area contributed by atoms with Gasteiger partial charge in [-0.25, -0.2) is 4.68 Å². The molecular formula is C29H29N5O3. The summed E-state index contributed by atoms with van der Waals surface area (Å²) in [5.41, 5.74) is 3.59. The molecule has 0 amide bonds. The highest BCUT2D eigenvalue weighted by atomic mass is 16.5. The molecule has 1 unspecified atom stereocenters. The van der Waals surface area contributed by atoms with Gasteiger partial charge >= 0.3 is 5.97 Å². The third-order valence-electron chi connectivity index (χ3n) is 6.90. The molecule has 188 valence electrons. The molecule has 1 saturated heterocycles. The second-order valence-corrected chi connectivity index (χ2v) is 9.02. The molecule has 0 saturated carbocycles. The molecule has 0 bridgehead atoms. The first-order chi connectivity index (χ1) is 18.1. The zero-order chi connectivity index (χ0) is 25.7. The van der Waals surface area contributed by atoms with E-state index in [0.29, 0.717) is 25.3 Å². The Balaban J connectivity index is 1.64. The van der Waals surface area contributed by atoms with Gasteiger partial charge in [0, 0.05) is 13.1 Å². The van der Waals surface area contributed by atoms with E-state index in [1.54, 1.807) is 6.08 Å². The van der Waals surface area contributed by atoms with Crippen LogP contribution in [0.4, 0.5) is 0 Å². The fourth-order valence-corrected chi connectivity index (χ4v) is 5.16. The van der Waals surface area contributed by atoms with Crippen molar-refractivity contribution < 1.29 is 14.6 Å². The van der Waals surface area contributed by atoms with Crippen molar-refractivity contribution >= 4 is 12.0 Å². The lowest BCUT2D eigenvalue weighted by molar-refractivity contribution is -0.141. The van der Waals surface area contributed by atoms with E-state index >= 15 is 0 Å². The van der Waals surface area contributed by atoms with Crippen molar-refractivity contribution in [1.29, 1.82) is 0 Å². The van der Waals surface area contributed by atoms with Crippen LogP contribution in [-0.4, -0.2) is 62.5 Å². The molecule has 3 aromatic carbocycles. The number of tetrazole rings is 1. The fourth-order valence-electron chi connectivity index (χ4n) is 5.16. The average molecular weight is 496 g/mol. The lowest BCUT2D eigenvalue weighted by atomic mass is 9.74. The third-order valence-corrected chi connectivity index (χ3v) is 6.90. The predicted molar refractivity (Wildman–Crippen MR) is 139 cm³/mol. The van der Waals surface area contributed by atoms with Crippen LogP contribution in [0.15, 0.2) is 96.6 Å². The number of likely N-dealkylation sites (tertiary alicyclic amines) is 1. The largest absolute Gasteiger partial charge is 0.468 e. The molecule has 37 heavy (non-hydrogen) atoms. The summed E-state index contributed by atoms with van der Waals surface area (Å²) in [6, 6.07) is 31.4. The number of aromatic nitrogens is 4. The molecule has 1 aromatic heterocycles. The zero-order valence-electron chi connectivity index (χ0n) is 20.6. The Morgan fingerprint density at radius 3 is 2.03 bits per heavy atom. The highest BCUT2D eigenvalue weighted by Crippen LogP contribution is 2.44. The number of ether oxygens (including phenoxy) is 1. The first-order valence-corrected chi connectivity index (χ1v) is 12.3. The van der Waals surface area contributed by atoms with Crippen LogP contribution in [0.1, 0.15) is 28.9 Å². The van der Waals surface area contributed by atoms with Crippen LogP contribution >= 0.6 is 0 Å². The minimum absolute atomic E-state index is 0.107. The lowest BCUT2D eigenvalue weighted by Crippen LogP contribution is -2.52. The van der Waals surface area contributed by atoms with Crippen molar-refractivity contribution in [3.05, 3.63) is 119 Å². The summed E-state index contributed by atoms with van der Waals surface area (Å²) in [7, 11) is 1.32. The van der Waals surface area contributed by atoms with E-state index in [2.05, 4.69) is 93.2 Å². The number of aliphatic hydroxyl groups is 1. The summed E-state index contributed by atoms with van der Waals surface area (Å²) in [6.45, 7) is 1.04. The number of aliphatic hydroxyl groups excluding tert-OH is 1. The number of esters is 1. The second kappa shape index (κ2) is 10.9. The maximum atomic E-state index is 11.8. The molecule has 1 aliphatic heterocycles. The number of benzene rings is 3. The standard InChI is InChI=1S/C29H29N5O3/c1-37-28(36)21-34-27(30-31-32-34)19-22-20-33(18-17-26(22)35)29(23-11-5-2-6-12-23,24-13-7-3-8-14-24)25-15-9-4-10-16-25/h2-16,19,26,35H,17-18,20-21H2,1H3/b22-19+. The van der Waals surface area contributed by atoms with Gasteiger partial charge in [-0.2, -0.15) is 0 Å². The van der Waals surface area contributed by atoms with Gasteiger partial charge in [0.2, 0.25) is 0 Å². The van der Waals surface area contributed by atoms with Gasteiger partial charge in [0.25, 0.3) is 0 Å². The molecule has 1 atom stereocenters. The summed E-state index contributed by atoms with van der Waals surface area (Å²) in [5, 5.41) is 22.7. The van der Waals surface area contributed by atoms with E-state index in [4.69, 9.17) is 4.74 Å². The smallest absolute Gasteiger partial charge is 0.327 e. The van der Waals surface area contributed by atoms with E-state index in [0.717, 1.165) is 22.3 Å². The second-order valence-electron chi connectivity index (χ2n) is 9.02. The van der Waals surface area contributed by atoms with Crippen LogP contribution in [0.3, 0.4) is 0 Å². The quantitative estimate of drug-likeness (QED) is 0.311. The summed E-state index contributed by atoms with van der Waals surface area (Å²) < 4.78 is 6.14. The van der Waals surface area contributed by atoms with E-state index in [-0.39, 0.29) is 6.54 Å². The average Bonchev–Trinajstić information content (AvgIpc) is 3.38. The minimum Gasteiger partial charge on any atom is -0.468 e. The first kappa shape index (κ1) is 24.5. The van der Waals surface area contributed by atoms with Gasteiger partial charge in [-0.1, -0.05) is 91.0 Å². The Morgan fingerprint density at radius 2 is 1.51 bits per heavy atom. The predicted octanol–water partition coefficient (Wildman–Crippen LogP) is 3.29.